The van der Waals surface area contributed by atoms with E-state index in [0.717, 1.165) is 24.0 Å². The summed E-state index contributed by atoms with van der Waals surface area (Å²) in [5.41, 5.74) is 2.01. The Morgan fingerprint density at radius 3 is 2.00 bits per heavy atom. The van der Waals surface area contributed by atoms with Gasteiger partial charge in [0.25, 0.3) is 0 Å². The number of sulfonamides is 1. The first-order valence-electron chi connectivity index (χ1n) is 7.90. The molecule has 2 aliphatic rings. The van der Waals surface area contributed by atoms with Crippen LogP contribution in [-0.4, -0.2) is 44.7 Å². The summed E-state index contributed by atoms with van der Waals surface area (Å²) in [6, 6.07) is 4.81. The Morgan fingerprint density at radius 2 is 1.52 bits per heavy atom. The van der Waals surface area contributed by atoms with Gasteiger partial charge in [-0.1, -0.05) is 6.07 Å². The number of benzene rings is 1. The van der Waals surface area contributed by atoms with Gasteiger partial charge in [-0.05, 0) is 62.8 Å². The lowest BCUT2D eigenvalue weighted by molar-refractivity contribution is 0.249. The summed E-state index contributed by atoms with van der Waals surface area (Å²) < 4.78 is 51.4. The molecule has 2 atom stereocenters. The average Bonchev–Trinajstić information content (AvgIpc) is 2.72. The van der Waals surface area contributed by atoms with Crippen molar-refractivity contribution in [1.82, 2.24) is 4.31 Å². The van der Waals surface area contributed by atoms with Crippen molar-refractivity contribution in [3.05, 3.63) is 29.3 Å². The van der Waals surface area contributed by atoms with Gasteiger partial charge in [0, 0.05) is 18.3 Å². The minimum Gasteiger partial charge on any atom is -0.229 e. The van der Waals surface area contributed by atoms with E-state index in [1.165, 1.54) is 6.26 Å². The molecular formula is C16H23NO4S2. The van der Waals surface area contributed by atoms with Gasteiger partial charge in [0.05, 0.1) is 10.1 Å². The standard InChI is InChI=1S/C16H23NO4S2/c1-11-4-7-15(8-12(11)2)23(20,21)17-13-5-6-14(17)10-16(9-13)22(3,18)19/h4,7-8,13-14,16H,5-6,9-10H2,1-3H3. The van der Waals surface area contributed by atoms with E-state index in [2.05, 4.69) is 0 Å². The number of piperidine rings is 1. The first-order valence-corrected chi connectivity index (χ1v) is 11.3. The van der Waals surface area contributed by atoms with Crippen molar-refractivity contribution in [2.75, 3.05) is 6.26 Å². The zero-order valence-electron chi connectivity index (χ0n) is 13.7. The number of hydrogen-bond acceptors (Lipinski definition) is 4. The van der Waals surface area contributed by atoms with Crippen molar-refractivity contribution in [2.24, 2.45) is 0 Å². The number of fused-ring (bicyclic) bond motifs is 2. The quantitative estimate of drug-likeness (QED) is 0.830. The van der Waals surface area contributed by atoms with Crippen LogP contribution in [0.4, 0.5) is 0 Å². The second-order valence-electron chi connectivity index (χ2n) is 6.89. The Kier molecular flexibility index (Phi) is 4.09. The highest BCUT2D eigenvalue weighted by Crippen LogP contribution is 2.41. The molecule has 2 heterocycles. The summed E-state index contributed by atoms with van der Waals surface area (Å²) in [6.07, 6.45) is 3.59. The van der Waals surface area contributed by atoms with Crippen LogP contribution in [0.2, 0.25) is 0 Å². The molecule has 2 aliphatic heterocycles. The third-order valence-electron chi connectivity index (χ3n) is 5.28. The Balaban J connectivity index is 1.95. The second kappa shape index (κ2) is 5.57. The van der Waals surface area contributed by atoms with Crippen LogP contribution in [0, 0.1) is 13.8 Å². The summed E-state index contributed by atoms with van der Waals surface area (Å²) in [5.74, 6) is 0. The first kappa shape index (κ1) is 16.9. The highest BCUT2D eigenvalue weighted by Gasteiger charge is 2.49. The fourth-order valence-corrected chi connectivity index (χ4v) is 6.94. The summed E-state index contributed by atoms with van der Waals surface area (Å²) in [4.78, 5) is 0.315. The van der Waals surface area contributed by atoms with Gasteiger partial charge in [-0.3, -0.25) is 0 Å². The molecule has 0 saturated carbocycles. The van der Waals surface area contributed by atoms with Crippen LogP contribution in [-0.2, 0) is 19.9 Å². The third kappa shape index (κ3) is 2.94. The molecule has 1 aromatic rings. The lowest BCUT2D eigenvalue weighted by Gasteiger charge is -2.37. The van der Waals surface area contributed by atoms with Crippen molar-refractivity contribution in [3.8, 4) is 0 Å². The van der Waals surface area contributed by atoms with Gasteiger partial charge in [-0.25, -0.2) is 16.8 Å². The van der Waals surface area contributed by atoms with Crippen LogP contribution in [0.1, 0.15) is 36.8 Å². The molecule has 2 fully saturated rings. The van der Waals surface area contributed by atoms with Gasteiger partial charge in [0.2, 0.25) is 10.0 Å². The highest BCUT2D eigenvalue weighted by molar-refractivity contribution is 7.91. The van der Waals surface area contributed by atoms with E-state index in [4.69, 9.17) is 0 Å². The molecule has 5 nitrogen and oxygen atoms in total. The van der Waals surface area contributed by atoms with Crippen LogP contribution in [0.15, 0.2) is 23.1 Å². The van der Waals surface area contributed by atoms with Crippen LogP contribution in [0.5, 0.6) is 0 Å². The predicted molar refractivity (Wildman–Crippen MR) is 89.6 cm³/mol. The smallest absolute Gasteiger partial charge is 0.229 e. The Labute approximate surface area is 138 Å². The normalized spacial score (nSPS) is 28.9. The maximum Gasteiger partial charge on any atom is 0.243 e. The van der Waals surface area contributed by atoms with Gasteiger partial charge >= 0.3 is 0 Å². The fourth-order valence-electron chi connectivity index (χ4n) is 3.82. The number of sulfone groups is 1. The molecule has 2 saturated heterocycles. The minimum atomic E-state index is -3.57. The SMILES string of the molecule is Cc1ccc(S(=O)(=O)N2C3CCC2CC(S(C)(=O)=O)C3)cc1C. The topological polar surface area (TPSA) is 71.5 Å². The van der Waals surface area contributed by atoms with E-state index in [-0.39, 0.29) is 12.1 Å². The number of rotatable bonds is 3. The van der Waals surface area contributed by atoms with Crippen LogP contribution >= 0.6 is 0 Å². The Bertz CT molecular complexity index is 816. The molecule has 128 valence electrons. The summed E-state index contributed by atoms with van der Waals surface area (Å²) in [6.45, 7) is 3.85. The van der Waals surface area contributed by atoms with Crippen molar-refractivity contribution in [3.63, 3.8) is 0 Å². The van der Waals surface area contributed by atoms with Crippen LogP contribution in [0.25, 0.3) is 0 Å². The molecule has 0 aromatic heterocycles. The van der Waals surface area contributed by atoms with E-state index in [0.29, 0.717) is 17.7 Å². The molecule has 23 heavy (non-hydrogen) atoms. The zero-order valence-corrected chi connectivity index (χ0v) is 15.3. The number of nitrogens with zero attached hydrogens (tertiary/aromatic N) is 1. The maximum atomic E-state index is 13.0. The van der Waals surface area contributed by atoms with Gasteiger partial charge < -0.3 is 0 Å². The van der Waals surface area contributed by atoms with E-state index < -0.39 is 25.1 Å². The van der Waals surface area contributed by atoms with Gasteiger partial charge in [-0.2, -0.15) is 4.31 Å². The number of aryl methyl sites for hydroxylation is 2. The molecular weight excluding hydrogens is 334 g/mol. The van der Waals surface area contributed by atoms with E-state index in [1.54, 1.807) is 16.4 Å². The minimum absolute atomic E-state index is 0.194. The molecule has 0 spiro atoms. The molecule has 2 bridgehead atoms. The molecule has 7 heteroatoms. The molecule has 3 rings (SSSR count). The molecule has 0 N–H and O–H groups in total. The molecule has 0 aliphatic carbocycles. The summed E-state index contributed by atoms with van der Waals surface area (Å²) >= 11 is 0. The monoisotopic (exact) mass is 357 g/mol. The highest BCUT2D eigenvalue weighted by atomic mass is 32.2. The first-order chi connectivity index (χ1) is 10.6. The largest absolute Gasteiger partial charge is 0.243 e. The van der Waals surface area contributed by atoms with Gasteiger partial charge in [0.1, 0.15) is 9.84 Å². The van der Waals surface area contributed by atoms with E-state index >= 15 is 0 Å². The third-order valence-corrected chi connectivity index (χ3v) is 8.88. The second-order valence-corrected chi connectivity index (χ2v) is 11.1. The van der Waals surface area contributed by atoms with Gasteiger partial charge in [-0.15, -0.1) is 0 Å². The Morgan fingerprint density at radius 1 is 0.957 bits per heavy atom. The predicted octanol–water partition coefficient (Wildman–Crippen LogP) is 2.03. The maximum absolute atomic E-state index is 13.0. The molecule has 0 amide bonds. The van der Waals surface area contributed by atoms with E-state index in [9.17, 15) is 16.8 Å². The average molecular weight is 357 g/mol. The summed E-state index contributed by atoms with van der Waals surface area (Å²) in [5, 5.41) is -0.411. The van der Waals surface area contributed by atoms with Crippen molar-refractivity contribution < 1.29 is 16.8 Å². The summed E-state index contributed by atoms with van der Waals surface area (Å²) in [7, 11) is -6.69. The molecule has 0 radical (unpaired) electrons. The van der Waals surface area contributed by atoms with Crippen molar-refractivity contribution in [1.29, 1.82) is 0 Å². The van der Waals surface area contributed by atoms with Crippen molar-refractivity contribution >= 4 is 19.9 Å². The molecule has 1 aromatic carbocycles. The van der Waals surface area contributed by atoms with E-state index in [1.807, 2.05) is 19.9 Å². The fraction of sp³-hybridized carbons (Fsp3) is 0.625. The lowest BCUT2D eigenvalue weighted by atomic mass is 10.1. The Hall–Kier alpha value is -0.920. The molecule has 2 unspecified atom stereocenters. The number of hydrogen-bond donors (Lipinski definition) is 0. The van der Waals surface area contributed by atoms with Gasteiger partial charge in [0.15, 0.2) is 0 Å². The zero-order chi connectivity index (χ0) is 17.0. The van der Waals surface area contributed by atoms with Crippen molar-refractivity contribution in [2.45, 2.75) is 61.8 Å². The van der Waals surface area contributed by atoms with Crippen LogP contribution in [0.3, 0.4) is 0 Å². The lowest BCUT2D eigenvalue weighted by Crippen LogP contribution is -2.49. The van der Waals surface area contributed by atoms with Crippen LogP contribution < -0.4 is 0 Å².